The number of ketones is 3. The van der Waals surface area contributed by atoms with Crippen molar-refractivity contribution in [2.24, 2.45) is 17.3 Å². The van der Waals surface area contributed by atoms with E-state index in [-0.39, 0.29) is 74.9 Å². The number of rotatable bonds is 17. The molecule has 15 nitrogen and oxygen atoms in total. The number of carbonyl (C=O) groups excluding carboxylic acids is 7. The van der Waals surface area contributed by atoms with Gasteiger partial charge >= 0.3 is 18.2 Å². The zero-order chi connectivity index (χ0) is 46.2. The number of nitrogens with zero attached hydrogens (tertiary/aromatic N) is 2. The number of methoxy groups -OCH3 is 2. The maximum Gasteiger partial charge on any atom is 0.407 e. The van der Waals surface area contributed by atoms with Crippen molar-refractivity contribution in [3.8, 4) is 11.1 Å². The largest absolute Gasteiger partial charge is 0.456 e. The molecule has 344 valence electrons. The second kappa shape index (κ2) is 20.9. The van der Waals surface area contributed by atoms with Gasteiger partial charge in [-0.2, -0.15) is 0 Å². The fourth-order valence-electron chi connectivity index (χ4n) is 8.87. The number of esters is 1. The number of aliphatic hydroxyl groups excluding tert-OH is 1. The van der Waals surface area contributed by atoms with Gasteiger partial charge in [0.25, 0.3) is 0 Å². The highest BCUT2D eigenvalue weighted by molar-refractivity contribution is 6.01. The average Bonchev–Trinajstić information content (AvgIpc) is 3.92. The summed E-state index contributed by atoms with van der Waals surface area (Å²) in [6.07, 6.45) is -2.16. The quantitative estimate of drug-likeness (QED) is 0.0961. The molecule has 2 saturated heterocycles. The maximum atomic E-state index is 14.2. The number of hydrogen-bond donors (Lipinski definition) is 3. The van der Waals surface area contributed by atoms with Gasteiger partial charge in [-0.05, 0) is 60.5 Å². The molecule has 63 heavy (non-hydrogen) atoms. The van der Waals surface area contributed by atoms with Crippen LogP contribution in [0.2, 0.25) is 0 Å². The van der Waals surface area contributed by atoms with Gasteiger partial charge < -0.3 is 34.9 Å². The van der Waals surface area contributed by atoms with Gasteiger partial charge in [0.15, 0.2) is 24.0 Å². The van der Waals surface area contributed by atoms with Crippen LogP contribution < -0.4 is 10.6 Å². The lowest BCUT2D eigenvalue weighted by Crippen LogP contribution is -2.56. The number of nitrogens with one attached hydrogen (secondary N) is 2. The number of alkyl halides is 2. The lowest BCUT2D eigenvalue weighted by Gasteiger charge is -2.37. The Bertz CT molecular complexity index is 1980. The molecule has 3 fully saturated rings. The van der Waals surface area contributed by atoms with E-state index in [9.17, 15) is 47.4 Å². The van der Waals surface area contributed by atoms with Gasteiger partial charge in [-0.3, -0.25) is 28.9 Å². The summed E-state index contributed by atoms with van der Waals surface area (Å²) in [4.78, 5) is 94.1. The Kier molecular flexibility index (Phi) is 16.2. The van der Waals surface area contributed by atoms with Gasteiger partial charge in [-0.15, -0.1) is 0 Å². The van der Waals surface area contributed by atoms with Gasteiger partial charge in [-0.1, -0.05) is 76.2 Å². The summed E-state index contributed by atoms with van der Waals surface area (Å²) in [6, 6.07) is 9.93. The molecule has 2 aromatic carbocycles. The summed E-state index contributed by atoms with van der Waals surface area (Å²) < 4.78 is 43.2. The minimum atomic E-state index is -2.81. The molecule has 2 aromatic rings. The second-order valence-corrected chi connectivity index (χ2v) is 17.7. The van der Waals surface area contributed by atoms with Crippen LogP contribution in [-0.4, -0.2) is 127 Å². The smallest absolute Gasteiger partial charge is 0.407 e. The van der Waals surface area contributed by atoms with Crippen LogP contribution in [0.1, 0.15) is 106 Å². The van der Waals surface area contributed by atoms with Crippen LogP contribution in [0.3, 0.4) is 0 Å². The molecular formula is C46H60F2N4O11. The minimum Gasteiger partial charge on any atom is -0.456 e. The third kappa shape index (κ3) is 12.0. The third-order valence-electron chi connectivity index (χ3n) is 12.7. The molecule has 0 radical (unpaired) electrons. The molecule has 1 aliphatic carbocycles. The van der Waals surface area contributed by atoms with Crippen molar-refractivity contribution in [3.05, 3.63) is 59.7 Å². The van der Waals surface area contributed by atoms with Gasteiger partial charge in [0.1, 0.15) is 18.3 Å². The number of Topliss-reactive ketones (excluding diaryl/α,β-unsaturated/α-hetero) is 3. The summed E-state index contributed by atoms with van der Waals surface area (Å²) in [6.45, 7) is 7.11. The van der Waals surface area contributed by atoms with E-state index in [1.165, 1.54) is 19.1 Å². The number of carbonyl (C=O) groups is 7. The van der Waals surface area contributed by atoms with Gasteiger partial charge in [0.2, 0.25) is 11.8 Å². The predicted octanol–water partition coefficient (Wildman–Crippen LogP) is 5.95. The lowest BCUT2D eigenvalue weighted by atomic mass is 9.71. The lowest BCUT2D eigenvalue weighted by molar-refractivity contribution is -0.153. The Balaban J connectivity index is 1.16. The third-order valence-corrected chi connectivity index (χ3v) is 12.7. The van der Waals surface area contributed by atoms with Crippen LogP contribution in [0.15, 0.2) is 48.5 Å². The van der Waals surface area contributed by atoms with Crippen molar-refractivity contribution in [1.29, 1.82) is 0 Å². The summed E-state index contributed by atoms with van der Waals surface area (Å²) in [5.41, 5.74) is 1.49. The Hall–Kier alpha value is -5.29. The van der Waals surface area contributed by atoms with Gasteiger partial charge in [-0.25, -0.2) is 18.4 Å². The molecule has 3 N–H and O–H groups in total. The van der Waals surface area contributed by atoms with Crippen molar-refractivity contribution in [3.63, 3.8) is 0 Å². The number of hydrogen-bond acceptors (Lipinski definition) is 12. The number of amides is 3. The van der Waals surface area contributed by atoms with Crippen LogP contribution in [0.5, 0.6) is 0 Å². The van der Waals surface area contributed by atoms with E-state index in [2.05, 4.69) is 15.4 Å². The molecule has 5 atom stereocenters. The molecule has 1 spiro atoms. The summed E-state index contributed by atoms with van der Waals surface area (Å²) >= 11 is 0. The molecule has 0 aromatic heterocycles. The van der Waals surface area contributed by atoms with Gasteiger partial charge in [0, 0.05) is 49.9 Å². The number of aliphatic hydroxyl groups is 1. The van der Waals surface area contributed by atoms with E-state index in [1.807, 2.05) is 13.8 Å². The van der Waals surface area contributed by atoms with E-state index in [4.69, 9.17) is 9.47 Å². The van der Waals surface area contributed by atoms with Crippen molar-refractivity contribution in [1.82, 2.24) is 20.4 Å². The molecule has 2 heterocycles. The minimum absolute atomic E-state index is 0.104. The zero-order valence-electron chi connectivity index (χ0n) is 36.8. The van der Waals surface area contributed by atoms with E-state index >= 15 is 0 Å². The number of benzene rings is 2. The van der Waals surface area contributed by atoms with E-state index in [1.54, 1.807) is 67.3 Å². The Morgan fingerprint density at radius 1 is 0.762 bits per heavy atom. The summed E-state index contributed by atoms with van der Waals surface area (Å²) in [7, 11) is 2.39. The normalized spacial score (nSPS) is 20.8. The number of likely N-dealkylation sites (tertiary alicyclic amines) is 2. The van der Waals surface area contributed by atoms with Crippen molar-refractivity contribution >= 4 is 41.4 Å². The Morgan fingerprint density at radius 3 is 1.86 bits per heavy atom. The highest BCUT2D eigenvalue weighted by atomic mass is 19.3. The Labute approximate surface area is 366 Å². The van der Waals surface area contributed by atoms with Crippen LogP contribution in [0.25, 0.3) is 11.1 Å². The van der Waals surface area contributed by atoms with Crippen LogP contribution in [0.4, 0.5) is 18.4 Å². The first-order valence-electron chi connectivity index (χ1n) is 21.6. The first kappa shape index (κ1) is 48.7. The number of ether oxygens (including phenoxy) is 3. The Morgan fingerprint density at radius 2 is 1.32 bits per heavy atom. The number of alkyl carbamates (subject to hydrolysis) is 2. The predicted molar refractivity (Wildman–Crippen MR) is 226 cm³/mol. The molecular weight excluding hydrogens is 823 g/mol. The van der Waals surface area contributed by atoms with Crippen molar-refractivity contribution in [2.75, 3.05) is 33.9 Å². The topological polar surface area (TPSA) is 198 Å². The molecule has 17 heteroatoms. The number of halogens is 2. The van der Waals surface area contributed by atoms with E-state index < -0.39 is 78.2 Å². The SMILES string of the molecule is COC(=O)N[C@@H](C(C)C)C(O)N1CCC[C@H]1C(=O)OCC(=O)c1ccc(-c2ccc(C(=O)CCC(=O)[C@@H]3CC4(CCC(F)(F)CC4)CN3C(=O)[C@@H](NC(=O)OC)C(C)C)cc2)cc1. The molecule has 3 aliphatic rings. The highest BCUT2D eigenvalue weighted by Crippen LogP contribution is 2.51. The van der Waals surface area contributed by atoms with Crippen molar-refractivity contribution < 1.29 is 61.7 Å². The van der Waals surface area contributed by atoms with E-state index in [0.29, 0.717) is 30.5 Å². The van der Waals surface area contributed by atoms with E-state index in [0.717, 1.165) is 11.1 Å². The van der Waals surface area contributed by atoms with Crippen LogP contribution in [0, 0.1) is 17.3 Å². The molecule has 3 amide bonds. The van der Waals surface area contributed by atoms with Crippen LogP contribution >= 0.6 is 0 Å². The molecule has 0 bridgehead atoms. The first-order valence-corrected chi connectivity index (χ1v) is 21.6. The monoisotopic (exact) mass is 882 g/mol. The summed E-state index contributed by atoms with van der Waals surface area (Å²) in [5, 5.41) is 16.2. The molecule has 2 aliphatic heterocycles. The maximum absolute atomic E-state index is 14.2. The first-order chi connectivity index (χ1) is 29.8. The molecule has 1 saturated carbocycles. The fraction of sp³-hybridized carbons (Fsp3) is 0.587. The zero-order valence-corrected chi connectivity index (χ0v) is 36.8. The van der Waals surface area contributed by atoms with Gasteiger partial charge in [0.05, 0.1) is 26.3 Å². The molecule has 1 unspecified atom stereocenters. The fourth-order valence-corrected chi connectivity index (χ4v) is 8.87. The molecule has 5 rings (SSSR count). The summed E-state index contributed by atoms with van der Waals surface area (Å²) in [5.74, 6) is -5.58. The standard InChI is InChI=1S/C46H60F2N4O11/c1-27(2)38(49-43(59)61-5)40(56)51-23-7-8-33(51)42(58)63-25-37(55)32-15-11-30(12-16-32)29-9-13-31(14-10-29)35(53)17-18-36(54)34-24-45(19-21-46(47,48)22-20-45)26-52(34)41(57)39(28(3)4)50-44(60)62-6/h9-16,27-28,33-34,38-40,56H,7-8,17-26H2,1-6H3,(H,49,59)(H,50,60)/t33-,34-,38-,39-,40?/m0/s1. The second-order valence-electron chi connectivity index (χ2n) is 17.7. The average molecular weight is 883 g/mol. The van der Waals surface area contributed by atoms with Crippen molar-refractivity contribution in [2.45, 2.75) is 122 Å². The van der Waals surface area contributed by atoms with Crippen LogP contribution in [-0.2, 0) is 28.6 Å². The highest BCUT2D eigenvalue weighted by Gasteiger charge is 2.53.